The number of nitrogens with one attached hydrogen (secondary N) is 1. The van der Waals surface area contributed by atoms with Crippen LogP contribution in [0.25, 0.3) is 0 Å². The van der Waals surface area contributed by atoms with Crippen LogP contribution in [0.5, 0.6) is 0 Å². The first kappa shape index (κ1) is 8.72. The van der Waals surface area contributed by atoms with E-state index < -0.39 is 0 Å². The van der Waals surface area contributed by atoms with Crippen LogP contribution in [0, 0.1) is 11.3 Å². The minimum absolute atomic E-state index is 0.00870. The van der Waals surface area contributed by atoms with Gasteiger partial charge in [0.25, 0.3) is 0 Å². The van der Waals surface area contributed by atoms with E-state index in [1.807, 2.05) is 6.92 Å². The molecule has 2 heteroatoms. The fourth-order valence-corrected chi connectivity index (χ4v) is 1.60. The zero-order valence-corrected chi connectivity index (χ0v) is 7.61. The summed E-state index contributed by atoms with van der Waals surface area (Å²) < 4.78 is 5.55. The quantitative estimate of drug-likeness (QED) is 0.579. The molecule has 1 aliphatic heterocycles. The minimum atomic E-state index is -0.00870. The summed E-state index contributed by atoms with van der Waals surface area (Å²) in [5, 5.41) is 7.51. The van der Waals surface area contributed by atoms with E-state index in [1.165, 1.54) is 0 Å². The van der Waals surface area contributed by atoms with Crippen LogP contribution in [-0.4, -0.2) is 17.9 Å². The van der Waals surface area contributed by atoms with Crippen molar-refractivity contribution >= 4 is 5.71 Å². The van der Waals surface area contributed by atoms with Gasteiger partial charge < -0.3 is 10.1 Å². The molecule has 11 heavy (non-hydrogen) atoms. The fourth-order valence-electron chi connectivity index (χ4n) is 1.60. The SMILES string of the molecule is CC(=N)C1CCOC(C)(C)C1. The van der Waals surface area contributed by atoms with Crippen LogP contribution >= 0.6 is 0 Å². The van der Waals surface area contributed by atoms with E-state index in [9.17, 15) is 0 Å². The van der Waals surface area contributed by atoms with Crippen molar-refractivity contribution in [2.75, 3.05) is 6.61 Å². The summed E-state index contributed by atoms with van der Waals surface area (Å²) in [6.07, 6.45) is 2.03. The van der Waals surface area contributed by atoms with Gasteiger partial charge in [-0.3, -0.25) is 0 Å². The van der Waals surface area contributed by atoms with Gasteiger partial charge in [-0.25, -0.2) is 0 Å². The lowest BCUT2D eigenvalue weighted by Crippen LogP contribution is -2.36. The van der Waals surface area contributed by atoms with Crippen molar-refractivity contribution in [3.63, 3.8) is 0 Å². The van der Waals surface area contributed by atoms with Gasteiger partial charge >= 0.3 is 0 Å². The Kier molecular flexibility index (Phi) is 2.33. The van der Waals surface area contributed by atoms with Crippen LogP contribution in [0.4, 0.5) is 0 Å². The molecule has 0 spiro atoms. The summed E-state index contributed by atoms with van der Waals surface area (Å²) in [5.74, 6) is 0.457. The predicted molar refractivity (Wildman–Crippen MR) is 46.2 cm³/mol. The lowest BCUT2D eigenvalue weighted by atomic mass is 9.86. The van der Waals surface area contributed by atoms with Crippen LogP contribution in [0.15, 0.2) is 0 Å². The molecule has 0 aromatic heterocycles. The monoisotopic (exact) mass is 155 g/mol. The first-order chi connectivity index (χ1) is 5.01. The molecule has 0 bridgehead atoms. The van der Waals surface area contributed by atoms with E-state index in [-0.39, 0.29) is 5.60 Å². The van der Waals surface area contributed by atoms with Crippen molar-refractivity contribution in [1.29, 1.82) is 5.41 Å². The molecule has 1 saturated heterocycles. The average Bonchev–Trinajstić information content (AvgIpc) is 1.85. The first-order valence-corrected chi connectivity index (χ1v) is 4.20. The van der Waals surface area contributed by atoms with Gasteiger partial charge in [0.05, 0.1) is 5.60 Å². The van der Waals surface area contributed by atoms with Gasteiger partial charge in [-0.05, 0) is 33.6 Å². The Balaban J connectivity index is 2.53. The molecule has 1 aliphatic rings. The van der Waals surface area contributed by atoms with Crippen molar-refractivity contribution in [1.82, 2.24) is 0 Å². The third-order valence-electron chi connectivity index (χ3n) is 2.31. The molecule has 1 N–H and O–H groups in total. The molecular formula is C9H17NO. The second kappa shape index (κ2) is 2.94. The van der Waals surface area contributed by atoms with Gasteiger partial charge in [0, 0.05) is 18.2 Å². The normalized spacial score (nSPS) is 29.9. The molecule has 64 valence electrons. The van der Waals surface area contributed by atoms with Crippen LogP contribution in [0.1, 0.15) is 33.6 Å². The van der Waals surface area contributed by atoms with Gasteiger partial charge in [0.15, 0.2) is 0 Å². The second-order valence-electron chi connectivity index (χ2n) is 3.98. The van der Waals surface area contributed by atoms with E-state index in [0.717, 1.165) is 25.2 Å². The summed E-state index contributed by atoms with van der Waals surface area (Å²) >= 11 is 0. The standard InChI is InChI=1S/C9H17NO/c1-7(10)8-4-5-11-9(2,3)6-8/h8,10H,4-6H2,1-3H3. The van der Waals surface area contributed by atoms with Crippen molar-refractivity contribution < 1.29 is 4.74 Å². The van der Waals surface area contributed by atoms with Gasteiger partial charge in [0.2, 0.25) is 0 Å². The van der Waals surface area contributed by atoms with E-state index in [2.05, 4.69) is 13.8 Å². The summed E-state index contributed by atoms with van der Waals surface area (Å²) in [6.45, 7) is 6.91. The summed E-state index contributed by atoms with van der Waals surface area (Å²) in [4.78, 5) is 0. The lowest BCUT2D eigenvalue weighted by Gasteiger charge is -2.35. The summed E-state index contributed by atoms with van der Waals surface area (Å²) in [6, 6.07) is 0. The highest BCUT2D eigenvalue weighted by atomic mass is 16.5. The number of rotatable bonds is 1. The highest BCUT2D eigenvalue weighted by Crippen LogP contribution is 2.28. The van der Waals surface area contributed by atoms with Crippen LogP contribution < -0.4 is 0 Å². The zero-order chi connectivity index (χ0) is 8.48. The van der Waals surface area contributed by atoms with Crippen molar-refractivity contribution in [3.05, 3.63) is 0 Å². The molecular weight excluding hydrogens is 138 g/mol. The molecule has 1 heterocycles. The predicted octanol–water partition coefficient (Wildman–Crippen LogP) is 2.23. The first-order valence-electron chi connectivity index (χ1n) is 4.20. The maximum absolute atomic E-state index is 7.51. The third kappa shape index (κ3) is 2.29. The molecule has 1 atom stereocenters. The van der Waals surface area contributed by atoms with E-state index in [4.69, 9.17) is 10.1 Å². The Bertz CT molecular complexity index is 163. The molecule has 1 rings (SSSR count). The molecule has 0 amide bonds. The molecule has 1 unspecified atom stereocenters. The Morgan fingerprint density at radius 3 is 2.55 bits per heavy atom. The third-order valence-corrected chi connectivity index (χ3v) is 2.31. The summed E-state index contributed by atoms with van der Waals surface area (Å²) in [5.41, 5.74) is 0.798. The van der Waals surface area contributed by atoms with Crippen molar-refractivity contribution in [2.45, 2.75) is 39.2 Å². The van der Waals surface area contributed by atoms with Crippen LogP contribution in [0.2, 0.25) is 0 Å². The maximum atomic E-state index is 7.51. The molecule has 0 saturated carbocycles. The molecule has 1 fully saturated rings. The highest BCUT2D eigenvalue weighted by molar-refractivity contribution is 5.81. The Morgan fingerprint density at radius 2 is 2.18 bits per heavy atom. The molecule has 0 radical (unpaired) electrons. The smallest absolute Gasteiger partial charge is 0.0632 e. The lowest BCUT2D eigenvalue weighted by molar-refractivity contribution is -0.0617. The van der Waals surface area contributed by atoms with Gasteiger partial charge in [-0.15, -0.1) is 0 Å². The average molecular weight is 155 g/mol. The van der Waals surface area contributed by atoms with Gasteiger partial charge in [-0.1, -0.05) is 0 Å². The maximum Gasteiger partial charge on any atom is 0.0632 e. The van der Waals surface area contributed by atoms with Crippen molar-refractivity contribution in [3.8, 4) is 0 Å². The number of hydrogen-bond acceptors (Lipinski definition) is 2. The highest BCUT2D eigenvalue weighted by Gasteiger charge is 2.29. The number of hydrogen-bond donors (Lipinski definition) is 1. The number of ether oxygens (including phenoxy) is 1. The minimum Gasteiger partial charge on any atom is -0.376 e. The zero-order valence-electron chi connectivity index (χ0n) is 7.61. The largest absolute Gasteiger partial charge is 0.376 e. The Labute approximate surface area is 68.5 Å². The van der Waals surface area contributed by atoms with Gasteiger partial charge in [-0.2, -0.15) is 0 Å². The van der Waals surface area contributed by atoms with E-state index >= 15 is 0 Å². The Hall–Kier alpha value is -0.370. The van der Waals surface area contributed by atoms with Crippen LogP contribution in [-0.2, 0) is 4.74 Å². The van der Waals surface area contributed by atoms with Crippen molar-refractivity contribution in [2.24, 2.45) is 5.92 Å². The fraction of sp³-hybridized carbons (Fsp3) is 0.889. The van der Waals surface area contributed by atoms with E-state index in [0.29, 0.717) is 5.92 Å². The van der Waals surface area contributed by atoms with Gasteiger partial charge in [0.1, 0.15) is 0 Å². The Morgan fingerprint density at radius 1 is 1.55 bits per heavy atom. The second-order valence-corrected chi connectivity index (χ2v) is 3.98. The van der Waals surface area contributed by atoms with Crippen LogP contribution in [0.3, 0.4) is 0 Å². The topological polar surface area (TPSA) is 33.1 Å². The molecule has 0 aromatic rings. The van der Waals surface area contributed by atoms with E-state index in [1.54, 1.807) is 0 Å². The summed E-state index contributed by atoms with van der Waals surface area (Å²) in [7, 11) is 0. The molecule has 2 nitrogen and oxygen atoms in total. The molecule has 0 aromatic carbocycles. The molecule has 0 aliphatic carbocycles.